The Balaban J connectivity index is 0.000000285. The number of rotatable bonds is 0. The van der Waals surface area contributed by atoms with Gasteiger partial charge >= 0.3 is 28.4 Å². The Bertz CT molecular complexity index is 1820. The van der Waals surface area contributed by atoms with Gasteiger partial charge in [-0.25, -0.2) is 11.6 Å². The first kappa shape index (κ1) is 45.2. The zero-order valence-corrected chi connectivity index (χ0v) is 35.9. The van der Waals surface area contributed by atoms with Crippen molar-refractivity contribution in [1.29, 1.82) is 0 Å². The van der Waals surface area contributed by atoms with Gasteiger partial charge in [-0.15, -0.1) is 67.1 Å². The predicted molar refractivity (Wildman–Crippen MR) is 219 cm³/mol. The Morgan fingerprint density at radius 3 is 1.67 bits per heavy atom. The van der Waals surface area contributed by atoms with Gasteiger partial charge in [-0.1, -0.05) is 84.4 Å². The molecule has 0 spiro atoms. The van der Waals surface area contributed by atoms with Crippen LogP contribution in [-0.4, -0.2) is 4.21 Å². The van der Waals surface area contributed by atoms with Crippen LogP contribution in [0.4, 0.5) is 8.78 Å². The molecular weight excluding hydrogens is 765 g/mol. The molecule has 4 aliphatic carbocycles. The van der Waals surface area contributed by atoms with Crippen LogP contribution in [-0.2, 0) is 41.5 Å². The van der Waals surface area contributed by atoms with Crippen LogP contribution in [0.2, 0.25) is 0 Å². The minimum absolute atomic E-state index is 0. The van der Waals surface area contributed by atoms with Gasteiger partial charge in [-0.05, 0) is 58.4 Å². The molecule has 0 aliphatic heterocycles. The van der Waals surface area contributed by atoms with Crippen LogP contribution < -0.4 is 0 Å². The van der Waals surface area contributed by atoms with Crippen LogP contribution in [0.1, 0.15) is 102 Å². The van der Waals surface area contributed by atoms with Crippen molar-refractivity contribution < 1.29 is 33.0 Å². The van der Waals surface area contributed by atoms with Crippen molar-refractivity contribution in [1.82, 2.24) is 0 Å². The fourth-order valence-electron chi connectivity index (χ4n) is 6.94. The molecule has 274 valence electrons. The molecule has 0 fully saturated rings. The SMILES string of the molecule is CC(C)(C)C1=CC[C-]=C1.CC1=[C-]C(C)(C)c2cc3c(cc21)-c1cc2c(cc1C3)C(C)(C)C=C2C.Cl.Cl.Fc1c[c-]ccc1.Fc1c[c-]ccc1.[CH2]=[Zr]. The van der Waals surface area contributed by atoms with E-state index in [1.807, 2.05) is 0 Å². The molecule has 4 aliphatic rings. The summed E-state index contributed by atoms with van der Waals surface area (Å²) in [6, 6.07) is 26.9. The third-order valence-electron chi connectivity index (χ3n) is 9.33. The van der Waals surface area contributed by atoms with E-state index in [-0.39, 0.29) is 47.3 Å². The Hall–Kier alpha value is -2.97. The summed E-state index contributed by atoms with van der Waals surface area (Å²) in [4.78, 5) is 0. The standard InChI is InChI=1S/C25H25.C9H13.2C6H4F.CH2.2ClH.Zr/c1-14-12-24(3,4)22-8-16-7-17-9-23-19(15(2)13-25(23,5)6)11-21(17)20(16)10-18(14)22;1-9(2,3)8-6-4-5-7-8;2*7-6-4-2-1-3-5-6;;;;/h8-12H,7H2,1-6H3;6-7H,4H2,1-3H3;2*1-2,4-5H;1H2;2*1H;/q4*-1;;;;. The van der Waals surface area contributed by atoms with Crippen molar-refractivity contribution in [2.45, 2.75) is 86.0 Å². The van der Waals surface area contributed by atoms with Crippen molar-refractivity contribution in [2.24, 2.45) is 5.41 Å². The summed E-state index contributed by atoms with van der Waals surface area (Å²) in [6.45, 7) is 20.4. The second-order valence-corrected chi connectivity index (χ2v) is 15.1. The molecule has 0 nitrogen and oxygen atoms in total. The second kappa shape index (κ2) is 18.9. The summed E-state index contributed by atoms with van der Waals surface area (Å²) in [5.41, 5.74) is 16.3. The fraction of sp³-hybridized carbons (Fsp3) is 0.298. The molecule has 0 unspecified atom stereocenters. The van der Waals surface area contributed by atoms with Gasteiger partial charge in [0.15, 0.2) is 0 Å². The third-order valence-corrected chi connectivity index (χ3v) is 9.33. The van der Waals surface area contributed by atoms with E-state index in [4.69, 9.17) is 0 Å². The number of fused-ring (bicyclic) bond motifs is 5. The molecule has 0 amide bonds. The Morgan fingerprint density at radius 2 is 1.27 bits per heavy atom. The summed E-state index contributed by atoms with van der Waals surface area (Å²) >= 11 is 1.30. The summed E-state index contributed by atoms with van der Waals surface area (Å²) in [7, 11) is 0. The molecule has 4 aromatic carbocycles. The van der Waals surface area contributed by atoms with Gasteiger partial charge in [0.2, 0.25) is 0 Å². The van der Waals surface area contributed by atoms with Crippen molar-refractivity contribution in [2.75, 3.05) is 0 Å². The van der Waals surface area contributed by atoms with Crippen molar-refractivity contribution in [3.63, 3.8) is 0 Å². The van der Waals surface area contributed by atoms with Crippen LogP contribution in [0.15, 0.2) is 96.6 Å². The molecule has 0 atom stereocenters. The quantitative estimate of drug-likeness (QED) is 0.137. The zero-order valence-electron chi connectivity index (χ0n) is 31.9. The average Bonchev–Trinajstić information content (AvgIpc) is 3.83. The van der Waals surface area contributed by atoms with Gasteiger partial charge in [0.1, 0.15) is 0 Å². The van der Waals surface area contributed by atoms with Crippen LogP contribution in [0, 0.1) is 41.3 Å². The summed E-state index contributed by atoms with van der Waals surface area (Å²) < 4.78 is 27.1. The van der Waals surface area contributed by atoms with Gasteiger partial charge in [-0.3, -0.25) is 20.9 Å². The molecule has 0 radical (unpaired) electrons. The number of allylic oxidation sites excluding steroid dienone is 8. The Labute approximate surface area is 339 Å². The van der Waals surface area contributed by atoms with Crippen molar-refractivity contribution >= 4 is 40.2 Å². The molecule has 0 bridgehead atoms. The average molecular weight is 815 g/mol. The van der Waals surface area contributed by atoms with Gasteiger partial charge in [-0.2, -0.15) is 53.6 Å². The summed E-state index contributed by atoms with van der Waals surface area (Å²) in [5, 5.41) is 0. The van der Waals surface area contributed by atoms with Crippen LogP contribution in [0.3, 0.4) is 0 Å². The molecular formula is C47H50Cl2F2Zr-4. The van der Waals surface area contributed by atoms with E-state index < -0.39 is 0 Å². The summed E-state index contributed by atoms with van der Waals surface area (Å²) in [6.07, 6.45) is 15.6. The van der Waals surface area contributed by atoms with Crippen molar-refractivity contribution in [3.05, 3.63) is 166 Å². The Morgan fingerprint density at radius 1 is 0.750 bits per heavy atom. The number of benzene rings is 4. The predicted octanol–water partition coefficient (Wildman–Crippen LogP) is 13.2. The molecule has 0 saturated carbocycles. The Kier molecular flexibility index (Phi) is 16.4. The van der Waals surface area contributed by atoms with E-state index in [9.17, 15) is 8.78 Å². The molecule has 52 heavy (non-hydrogen) atoms. The van der Waals surface area contributed by atoms with Gasteiger partial charge in [0, 0.05) is 17.0 Å². The van der Waals surface area contributed by atoms with Crippen molar-refractivity contribution in [3.8, 4) is 11.1 Å². The van der Waals surface area contributed by atoms with E-state index in [0.29, 0.717) is 5.41 Å². The third kappa shape index (κ3) is 10.8. The first-order chi connectivity index (χ1) is 23.6. The number of hydrogen-bond acceptors (Lipinski definition) is 0. The van der Waals surface area contributed by atoms with E-state index in [2.05, 4.69) is 133 Å². The van der Waals surface area contributed by atoms with Gasteiger partial charge in [0.05, 0.1) is 0 Å². The molecule has 0 heterocycles. The van der Waals surface area contributed by atoms with E-state index in [1.54, 1.807) is 24.3 Å². The number of hydrogen-bond donors (Lipinski definition) is 0. The monoisotopic (exact) mass is 812 g/mol. The molecule has 0 aromatic heterocycles. The summed E-state index contributed by atoms with van der Waals surface area (Å²) in [5.74, 6) is -0.468. The first-order valence-corrected chi connectivity index (χ1v) is 18.8. The molecule has 4 aromatic rings. The van der Waals surface area contributed by atoms with E-state index in [0.717, 1.165) is 12.8 Å². The molecule has 0 N–H and O–H groups in total. The number of halogens is 4. The maximum atomic E-state index is 11.9. The normalized spacial score (nSPS) is 15.5. The first-order valence-electron chi connectivity index (χ1n) is 17.1. The zero-order chi connectivity index (χ0) is 36.9. The molecule has 5 heteroatoms. The van der Waals surface area contributed by atoms with Gasteiger partial charge < -0.3 is 0 Å². The second-order valence-electron chi connectivity index (χ2n) is 15.1. The molecule has 0 saturated heterocycles. The van der Waals surface area contributed by atoms with Crippen LogP contribution in [0.25, 0.3) is 22.3 Å². The minimum atomic E-state index is -0.234. The van der Waals surface area contributed by atoms with E-state index in [1.165, 1.54) is 110 Å². The van der Waals surface area contributed by atoms with Gasteiger partial charge in [0.25, 0.3) is 0 Å². The maximum absolute atomic E-state index is 11.9. The van der Waals surface area contributed by atoms with Crippen LogP contribution in [0.5, 0.6) is 0 Å². The fourth-order valence-corrected chi connectivity index (χ4v) is 6.94. The van der Waals surface area contributed by atoms with E-state index >= 15 is 0 Å². The van der Waals surface area contributed by atoms with Crippen LogP contribution >= 0.6 is 24.8 Å². The topological polar surface area (TPSA) is 0 Å². The molecule has 8 rings (SSSR count).